The van der Waals surface area contributed by atoms with Gasteiger partial charge in [-0.1, -0.05) is 12.1 Å². The number of aromatic nitrogens is 1. The second-order valence-corrected chi connectivity index (χ2v) is 5.74. The highest BCUT2D eigenvalue weighted by atomic mass is 32.1. The molecule has 0 saturated heterocycles. The molecular weight excluding hydrogens is 290 g/mol. The molecule has 20 heavy (non-hydrogen) atoms. The summed E-state index contributed by atoms with van der Waals surface area (Å²) >= 11 is 3.25. The standard InChI is InChI=1S/C15H11NO2S2/c17-7-11-3-1-2-4-14(11)18-8-13-10-20-15(16-13)12-5-6-19-9-12/h1-7,9-10H,8H2. The lowest BCUT2D eigenvalue weighted by Gasteiger charge is -2.05. The Balaban J connectivity index is 1.71. The summed E-state index contributed by atoms with van der Waals surface area (Å²) in [7, 11) is 0. The molecule has 0 saturated carbocycles. The van der Waals surface area contributed by atoms with Gasteiger partial charge in [0, 0.05) is 16.3 Å². The molecule has 2 heterocycles. The predicted octanol–water partition coefficient (Wildman–Crippen LogP) is 4.26. The molecule has 0 bridgehead atoms. The van der Waals surface area contributed by atoms with Crippen molar-refractivity contribution in [1.29, 1.82) is 0 Å². The Labute approximate surface area is 124 Å². The quantitative estimate of drug-likeness (QED) is 0.661. The fraction of sp³-hybridized carbons (Fsp3) is 0.0667. The zero-order valence-electron chi connectivity index (χ0n) is 10.5. The van der Waals surface area contributed by atoms with Crippen molar-refractivity contribution < 1.29 is 9.53 Å². The summed E-state index contributed by atoms with van der Waals surface area (Å²) in [5.41, 5.74) is 2.57. The van der Waals surface area contributed by atoms with Gasteiger partial charge >= 0.3 is 0 Å². The van der Waals surface area contributed by atoms with Gasteiger partial charge in [-0.05, 0) is 23.6 Å². The zero-order valence-corrected chi connectivity index (χ0v) is 12.1. The Morgan fingerprint density at radius 3 is 2.90 bits per heavy atom. The number of benzene rings is 1. The maximum Gasteiger partial charge on any atom is 0.153 e. The Kier molecular flexibility index (Phi) is 3.90. The molecule has 2 aromatic heterocycles. The Bertz CT molecular complexity index is 704. The van der Waals surface area contributed by atoms with Crippen molar-refractivity contribution in [1.82, 2.24) is 4.98 Å². The first-order valence-corrected chi connectivity index (χ1v) is 7.83. The van der Waals surface area contributed by atoms with Crippen molar-refractivity contribution in [2.75, 3.05) is 0 Å². The number of hydrogen-bond donors (Lipinski definition) is 0. The molecule has 100 valence electrons. The number of carbonyl (C=O) groups is 1. The van der Waals surface area contributed by atoms with Crippen LogP contribution in [0.25, 0.3) is 10.6 Å². The van der Waals surface area contributed by atoms with Crippen LogP contribution in [-0.2, 0) is 6.61 Å². The van der Waals surface area contributed by atoms with E-state index in [4.69, 9.17) is 4.74 Å². The number of nitrogens with zero attached hydrogens (tertiary/aromatic N) is 1. The van der Waals surface area contributed by atoms with E-state index in [0.29, 0.717) is 17.9 Å². The molecule has 1 aromatic carbocycles. The second kappa shape index (κ2) is 5.98. The fourth-order valence-corrected chi connectivity index (χ4v) is 3.27. The van der Waals surface area contributed by atoms with Crippen LogP contribution < -0.4 is 4.74 Å². The molecule has 5 heteroatoms. The van der Waals surface area contributed by atoms with Crippen LogP contribution in [0, 0.1) is 0 Å². The van der Waals surface area contributed by atoms with Gasteiger partial charge in [0.1, 0.15) is 17.4 Å². The Morgan fingerprint density at radius 1 is 1.20 bits per heavy atom. The van der Waals surface area contributed by atoms with Crippen LogP contribution in [0.15, 0.2) is 46.5 Å². The lowest BCUT2D eigenvalue weighted by Crippen LogP contribution is -1.98. The van der Waals surface area contributed by atoms with Crippen molar-refractivity contribution in [3.05, 3.63) is 57.7 Å². The van der Waals surface area contributed by atoms with Gasteiger partial charge in [0.05, 0.1) is 11.3 Å². The molecule has 0 amide bonds. The molecule has 3 aromatic rings. The van der Waals surface area contributed by atoms with Gasteiger partial charge in [-0.2, -0.15) is 11.3 Å². The minimum Gasteiger partial charge on any atom is -0.487 e. The molecule has 0 aliphatic rings. The normalized spacial score (nSPS) is 10.4. The summed E-state index contributed by atoms with van der Waals surface area (Å²) in [6.45, 7) is 0.367. The first-order valence-electron chi connectivity index (χ1n) is 6.01. The molecule has 0 aliphatic heterocycles. The first-order chi connectivity index (χ1) is 9.86. The van der Waals surface area contributed by atoms with Crippen LogP contribution in [0.4, 0.5) is 0 Å². The summed E-state index contributed by atoms with van der Waals surface area (Å²) in [5, 5.41) is 7.09. The van der Waals surface area contributed by atoms with Gasteiger partial charge in [-0.15, -0.1) is 11.3 Å². The minimum atomic E-state index is 0.367. The van der Waals surface area contributed by atoms with Crippen molar-refractivity contribution in [3.63, 3.8) is 0 Å². The van der Waals surface area contributed by atoms with E-state index < -0.39 is 0 Å². The maximum atomic E-state index is 10.9. The molecular formula is C15H11NO2S2. The smallest absolute Gasteiger partial charge is 0.153 e. The van der Waals surface area contributed by atoms with E-state index in [1.807, 2.05) is 22.9 Å². The van der Waals surface area contributed by atoms with Crippen LogP contribution in [-0.4, -0.2) is 11.3 Å². The minimum absolute atomic E-state index is 0.367. The van der Waals surface area contributed by atoms with Crippen LogP contribution in [0.5, 0.6) is 5.75 Å². The summed E-state index contributed by atoms with van der Waals surface area (Å²) in [4.78, 5) is 15.4. The van der Waals surface area contributed by atoms with Crippen LogP contribution in [0.1, 0.15) is 16.1 Å². The van der Waals surface area contributed by atoms with E-state index in [2.05, 4.69) is 16.4 Å². The van der Waals surface area contributed by atoms with Crippen LogP contribution in [0.3, 0.4) is 0 Å². The number of rotatable bonds is 5. The van der Waals surface area contributed by atoms with Crippen molar-refractivity contribution >= 4 is 29.0 Å². The van der Waals surface area contributed by atoms with Gasteiger partial charge < -0.3 is 4.74 Å². The average Bonchev–Trinajstić information content (AvgIpc) is 3.16. The maximum absolute atomic E-state index is 10.9. The lowest BCUT2D eigenvalue weighted by molar-refractivity contribution is 0.111. The topological polar surface area (TPSA) is 39.2 Å². The van der Waals surface area contributed by atoms with Gasteiger partial charge in [0.2, 0.25) is 0 Å². The monoisotopic (exact) mass is 301 g/mol. The number of thiophene rings is 1. The summed E-state index contributed by atoms with van der Waals surface area (Å²) in [5.74, 6) is 0.590. The van der Waals surface area contributed by atoms with Crippen molar-refractivity contribution in [3.8, 4) is 16.3 Å². The van der Waals surface area contributed by atoms with E-state index >= 15 is 0 Å². The number of ether oxygens (including phenoxy) is 1. The third-order valence-electron chi connectivity index (χ3n) is 2.74. The molecule has 3 rings (SSSR count). The Hall–Kier alpha value is -1.98. The van der Waals surface area contributed by atoms with Crippen molar-refractivity contribution in [2.24, 2.45) is 0 Å². The molecule has 0 aliphatic carbocycles. The third kappa shape index (κ3) is 2.79. The van der Waals surface area contributed by atoms with E-state index in [1.54, 1.807) is 34.8 Å². The van der Waals surface area contributed by atoms with Gasteiger partial charge in [0.15, 0.2) is 6.29 Å². The fourth-order valence-electron chi connectivity index (χ4n) is 1.75. The number of para-hydroxylation sites is 1. The largest absolute Gasteiger partial charge is 0.487 e. The molecule has 0 atom stereocenters. The highest BCUT2D eigenvalue weighted by molar-refractivity contribution is 7.14. The summed E-state index contributed by atoms with van der Waals surface area (Å²) < 4.78 is 5.66. The highest BCUT2D eigenvalue weighted by Crippen LogP contribution is 2.26. The number of aldehydes is 1. The lowest BCUT2D eigenvalue weighted by atomic mass is 10.2. The first kappa shape index (κ1) is 13.0. The molecule has 0 fully saturated rings. The highest BCUT2D eigenvalue weighted by Gasteiger charge is 2.07. The van der Waals surface area contributed by atoms with E-state index in [1.165, 1.54) is 0 Å². The average molecular weight is 301 g/mol. The number of carbonyl (C=O) groups excluding carboxylic acids is 1. The predicted molar refractivity (Wildman–Crippen MR) is 81.6 cm³/mol. The van der Waals surface area contributed by atoms with Gasteiger partial charge in [-0.3, -0.25) is 4.79 Å². The molecule has 0 radical (unpaired) electrons. The van der Waals surface area contributed by atoms with Gasteiger partial charge in [0.25, 0.3) is 0 Å². The van der Waals surface area contributed by atoms with Crippen molar-refractivity contribution in [2.45, 2.75) is 6.61 Å². The zero-order chi connectivity index (χ0) is 13.8. The van der Waals surface area contributed by atoms with Gasteiger partial charge in [-0.25, -0.2) is 4.98 Å². The second-order valence-electron chi connectivity index (χ2n) is 4.10. The van der Waals surface area contributed by atoms with E-state index in [-0.39, 0.29) is 0 Å². The Morgan fingerprint density at radius 2 is 2.10 bits per heavy atom. The van der Waals surface area contributed by atoms with Crippen LogP contribution >= 0.6 is 22.7 Å². The number of hydrogen-bond acceptors (Lipinski definition) is 5. The molecule has 0 spiro atoms. The molecule has 0 N–H and O–H groups in total. The summed E-state index contributed by atoms with van der Waals surface area (Å²) in [6, 6.07) is 9.24. The summed E-state index contributed by atoms with van der Waals surface area (Å²) in [6.07, 6.45) is 0.799. The van der Waals surface area contributed by atoms with E-state index in [9.17, 15) is 4.79 Å². The van der Waals surface area contributed by atoms with E-state index in [0.717, 1.165) is 22.6 Å². The van der Waals surface area contributed by atoms with Crippen LogP contribution in [0.2, 0.25) is 0 Å². The third-order valence-corrected chi connectivity index (χ3v) is 4.36. The number of thiazole rings is 1. The molecule has 0 unspecified atom stereocenters. The SMILES string of the molecule is O=Cc1ccccc1OCc1csc(-c2ccsc2)n1. The molecule has 3 nitrogen and oxygen atoms in total.